The number of alkyl carbamates (subject to hydrolysis) is 2. The SMILES string of the molecule is CC(C)(C)OC(=O)N[C@H](C=O)Cc1cc(F)cc(F)c1.CC(C)(C)OC(=O)N[C@H](CO)Cc1cc(F)cc(F)c1. The Morgan fingerprint density at radius 2 is 1.12 bits per heavy atom. The summed E-state index contributed by atoms with van der Waals surface area (Å²) in [6.45, 7) is 9.82. The van der Waals surface area contributed by atoms with Crippen molar-refractivity contribution in [3.63, 3.8) is 0 Å². The minimum Gasteiger partial charge on any atom is -0.444 e. The van der Waals surface area contributed by atoms with Crippen molar-refractivity contribution in [2.45, 2.75) is 77.7 Å². The molecule has 40 heavy (non-hydrogen) atoms. The molecule has 222 valence electrons. The van der Waals surface area contributed by atoms with Crippen LogP contribution in [0.2, 0.25) is 0 Å². The lowest BCUT2D eigenvalue weighted by atomic mass is 10.1. The largest absolute Gasteiger partial charge is 0.444 e. The van der Waals surface area contributed by atoms with E-state index in [0.717, 1.165) is 36.4 Å². The van der Waals surface area contributed by atoms with Gasteiger partial charge in [0, 0.05) is 12.1 Å². The number of rotatable bonds is 8. The highest BCUT2D eigenvalue weighted by molar-refractivity contribution is 5.73. The molecule has 2 aromatic rings. The van der Waals surface area contributed by atoms with Gasteiger partial charge in [-0.15, -0.1) is 0 Å². The van der Waals surface area contributed by atoms with Gasteiger partial charge in [-0.05, 0) is 89.8 Å². The Kier molecular flexibility index (Phi) is 13.1. The molecule has 2 amide bonds. The van der Waals surface area contributed by atoms with Crippen molar-refractivity contribution in [2.75, 3.05) is 6.61 Å². The summed E-state index contributed by atoms with van der Waals surface area (Å²) in [5, 5.41) is 14.0. The van der Waals surface area contributed by atoms with E-state index >= 15 is 0 Å². The van der Waals surface area contributed by atoms with Crippen LogP contribution in [0.15, 0.2) is 36.4 Å². The van der Waals surface area contributed by atoms with E-state index in [1.165, 1.54) is 0 Å². The molecule has 3 N–H and O–H groups in total. The fourth-order valence-corrected chi connectivity index (χ4v) is 3.22. The van der Waals surface area contributed by atoms with Crippen molar-refractivity contribution in [1.82, 2.24) is 10.6 Å². The Balaban J connectivity index is 0.000000400. The van der Waals surface area contributed by atoms with Crippen LogP contribution in [-0.2, 0) is 27.1 Å². The fraction of sp³-hybridized carbons (Fsp3) is 0.464. The van der Waals surface area contributed by atoms with Crippen LogP contribution in [0.5, 0.6) is 0 Å². The minimum atomic E-state index is -0.911. The van der Waals surface area contributed by atoms with E-state index in [-0.39, 0.29) is 25.0 Å². The molecule has 2 atom stereocenters. The second kappa shape index (κ2) is 15.2. The van der Waals surface area contributed by atoms with Gasteiger partial charge >= 0.3 is 12.2 Å². The van der Waals surface area contributed by atoms with Crippen molar-refractivity contribution in [1.29, 1.82) is 0 Å². The van der Waals surface area contributed by atoms with E-state index in [9.17, 15) is 37.1 Å². The van der Waals surface area contributed by atoms with Crippen LogP contribution < -0.4 is 10.6 Å². The number of hydrogen-bond donors (Lipinski definition) is 3. The highest BCUT2D eigenvalue weighted by Crippen LogP contribution is 2.13. The molecule has 0 aliphatic carbocycles. The molecule has 2 aromatic carbocycles. The van der Waals surface area contributed by atoms with Crippen LogP contribution in [0.1, 0.15) is 52.7 Å². The molecule has 0 bridgehead atoms. The van der Waals surface area contributed by atoms with E-state index < -0.39 is 58.7 Å². The number of aldehydes is 1. The van der Waals surface area contributed by atoms with Crippen LogP contribution in [0.4, 0.5) is 27.2 Å². The Morgan fingerprint density at radius 1 is 0.750 bits per heavy atom. The van der Waals surface area contributed by atoms with Gasteiger partial charge in [-0.3, -0.25) is 0 Å². The van der Waals surface area contributed by atoms with Crippen LogP contribution in [-0.4, -0.2) is 53.5 Å². The van der Waals surface area contributed by atoms with Gasteiger partial charge in [-0.25, -0.2) is 27.2 Å². The van der Waals surface area contributed by atoms with Crippen molar-refractivity contribution in [3.8, 4) is 0 Å². The number of carbonyl (C=O) groups excluding carboxylic acids is 3. The van der Waals surface area contributed by atoms with Gasteiger partial charge in [0.1, 0.15) is 40.8 Å². The van der Waals surface area contributed by atoms with Crippen molar-refractivity contribution in [2.24, 2.45) is 0 Å². The van der Waals surface area contributed by atoms with E-state index in [0.29, 0.717) is 11.8 Å². The average Bonchev–Trinajstić information content (AvgIpc) is 2.74. The Morgan fingerprint density at radius 3 is 1.48 bits per heavy atom. The Hall–Kier alpha value is -3.67. The monoisotopic (exact) mass is 572 g/mol. The molecule has 12 heteroatoms. The van der Waals surface area contributed by atoms with Gasteiger partial charge in [-0.2, -0.15) is 0 Å². The average molecular weight is 573 g/mol. The lowest BCUT2D eigenvalue weighted by molar-refractivity contribution is -0.109. The van der Waals surface area contributed by atoms with E-state index in [1.807, 2.05) is 0 Å². The number of halogens is 4. The summed E-state index contributed by atoms with van der Waals surface area (Å²) in [6, 6.07) is 4.44. The summed E-state index contributed by atoms with van der Waals surface area (Å²) in [7, 11) is 0. The first kappa shape index (κ1) is 34.4. The number of benzene rings is 2. The lowest BCUT2D eigenvalue weighted by Crippen LogP contribution is -2.42. The number of amides is 2. The Labute approximate surface area is 231 Å². The lowest BCUT2D eigenvalue weighted by Gasteiger charge is -2.22. The molecule has 0 aromatic heterocycles. The molecule has 0 fully saturated rings. The van der Waals surface area contributed by atoms with Crippen LogP contribution in [0.3, 0.4) is 0 Å². The molecular formula is C28H36F4N2O6. The fourth-order valence-electron chi connectivity index (χ4n) is 3.22. The first-order valence-corrected chi connectivity index (χ1v) is 12.3. The molecule has 0 aliphatic rings. The van der Waals surface area contributed by atoms with Crippen LogP contribution in [0, 0.1) is 23.3 Å². The number of hydrogen-bond acceptors (Lipinski definition) is 6. The van der Waals surface area contributed by atoms with Gasteiger partial charge < -0.3 is 30.0 Å². The molecule has 0 saturated heterocycles. The molecule has 0 unspecified atom stereocenters. The van der Waals surface area contributed by atoms with E-state index in [2.05, 4.69) is 10.6 Å². The third kappa shape index (κ3) is 15.1. The van der Waals surface area contributed by atoms with E-state index in [1.54, 1.807) is 41.5 Å². The third-order valence-corrected chi connectivity index (χ3v) is 4.59. The maximum absolute atomic E-state index is 13.1. The molecule has 0 saturated carbocycles. The van der Waals surface area contributed by atoms with Gasteiger partial charge in [0.25, 0.3) is 0 Å². The van der Waals surface area contributed by atoms with Gasteiger partial charge in [-0.1, -0.05) is 0 Å². The van der Waals surface area contributed by atoms with Crippen molar-refractivity contribution < 1.29 is 46.5 Å². The smallest absolute Gasteiger partial charge is 0.408 e. The maximum Gasteiger partial charge on any atom is 0.408 e. The second-order valence-electron chi connectivity index (χ2n) is 10.9. The minimum absolute atomic E-state index is 0.0164. The summed E-state index contributed by atoms with van der Waals surface area (Å²) in [5.74, 6) is -2.87. The number of ether oxygens (including phenoxy) is 2. The molecule has 0 radical (unpaired) electrons. The molecule has 8 nitrogen and oxygen atoms in total. The zero-order valence-electron chi connectivity index (χ0n) is 23.3. The molecule has 2 rings (SSSR count). The van der Waals surface area contributed by atoms with Gasteiger partial charge in [0.15, 0.2) is 0 Å². The maximum atomic E-state index is 13.1. The topological polar surface area (TPSA) is 114 Å². The van der Waals surface area contributed by atoms with Gasteiger partial charge in [0.05, 0.1) is 18.7 Å². The standard InChI is InChI=1S/C14H19F2NO3.C14H17F2NO3/c2*1-14(2,3)20-13(19)17-12(8-18)6-9-4-10(15)7-11(16)5-9/h4-5,7,12,18H,6,8H2,1-3H3,(H,17,19);4-5,7-8,12H,6H2,1-3H3,(H,17,19)/t2*12-/m00/s1. The highest BCUT2D eigenvalue weighted by Gasteiger charge is 2.21. The Bertz CT molecular complexity index is 1110. The summed E-state index contributed by atoms with van der Waals surface area (Å²) in [4.78, 5) is 34.0. The predicted octanol–water partition coefficient (Wildman–Crippen LogP) is 4.99. The number of carbonyl (C=O) groups is 3. The molecule has 0 heterocycles. The zero-order chi connectivity index (χ0) is 30.7. The third-order valence-electron chi connectivity index (χ3n) is 4.59. The van der Waals surface area contributed by atoms with Gasteiger partial charge in [0.2, 0.25) is 0 Å². The summed E-state index contributed by atoms with van der Waals surface area (Å²) >= 11 is 0. The number of aliphatic hydroxyl groups excluding tert-OH is 1. The summed E-state index contributed by atoms with van der Waals surface area (Å²) in [5.41, 5.74) is -0.731. The molecule has 0 aliphatic heterocycles. The highest BCUT2D eigenvalue weighted by atomic mass is 19.1. The van der Waals surface area contributed by atoms with Crippen molar-refractivity contribution >= 4 is 18.5 Å². The first-order valence-electron chi connectivity index (χ1n) is 12.3. The first-order chi connectivity index (χ1) is 18.4. The molecular weight excluding hydrogens is 536 g/mol. The number of nitrogens with one attached hydrogen (secondary N) is 2. The predicted molar refractivity (Wildman–Crippen MR) is 140 cm³/mol. The quantitative estimate of drug-likeness (QED) is 0.303. The normalized spacial score (nSPS) is 12.8. The second-order valence-corrected chi connectivity index (χ2v) is 10.9. The zero-order valence-corrected chi connectivity index (χ0v) is 23.3. The van der Waals surface area contributed by atoms with Crippen LogP contribution >= 0.6 is 0 Å². The molecule has 0 spiro atoms. The summed E-state index contributed by atoms with van der Waals surface area (Å²) in [6.07, 6.45) is -0.867. The summed E-state index contributed by atoms with van der Waals surface area (Å²) < 4.78 is 62.2. The van der Waals surface area contributed by atoms with Crippen molar-refractivity contribution in [3.05, 3.63) is 70.8 Å². The number of aliphatic hydroxyl groups is 1. The van der Waals surface area contributed by atoms with E-state index in [4.69, 9.17) is 9.47 Å². The van der Waals surface area contributed by atoms with Crippen LogP contribution in [0.25, 0.3) is 0 Å².